The lowest BCUT2D eigenvalue weighted by molar-refractivity contribution is 0.0374. The van der Waals surface area contributed by atoms with Crippen LogP contribution < -0.4 is 5.32 Å². The highest BCUT2D eigenvalue weighted by atomic mass is 35.5. The Hall–Kier alpha value is -1.96. The fourth-order valence-corrected chi connectivity index (χ4v) is 2.90. The van der Waals surface area contributed by atoms with Crippen molar-refractivity contribution in [1.29, 1.82) is 0 Å². The van der Waals surface area contributed by atoms with Gasteiger partial charge >= 0.3 is 0 Å². The maximum atomic E-state index is 12.3. The molecule has 0 aliphatic carbocycles. The molecule has 0 unspecified atom stereocenters. The number of morpholine rings is 1. The summed E-state index contributed by atoms with van der Waals surface area (Å²) in [4.78, 5) is 16.1. The van der Waals surface area contributed by atoms with E-state index < -0.39 is 0 Å². The number of hydrogen-bond donors (Lipinski definition) is 1. The summed E-state index contributed by atoms with van der Waals surface area (Å²) in [5.74, 6) is -0.201. The Labute approximate surface area is 151 Å². The number of amides is 1. The van der Waals surface area contributed by atoms with Crippen molar-refractivity contribution in [3.63, 3.8) is 0 Å². The van der Waals surface area contributed by atoms with Crippen molar-refractivity contribution in [3.05, 3.63) is 40.7 Å². The van der Waals surface area contributed by atoms with Gasteiger partial charge in [0.05, 0.1) is 24.6 Å². The number of hydrogen-bond acceptors (Lipinski definition) is 5. The first-order valence-corrected chi connectivity index (χ1v) is 8.79. The maximum Gasteiger partial charge on any atom is 0.273 e. The van der Waals surface area contributed by atoms with E-state index in [1.165, 1.54) is 4.80 Å². The van der Waals surface area contributed by atoms with E-state index in [4.69, 9.17) is 16.3 Å². The summed E-state index contributed by atoms with van der Waals surface area (Å²) in [6.07, 6.45) is 0.896. The second-order valence-corrected chi connectivity index (χ2v) is 6.40. The molecule has 7 nitrogen and oxygen atoms in total. The first-order chi connectivity index (χ1) is 12.1. The molecule has 0 radical (unpaired) electrons. The minimum atomic E-state index is -0.201. The van der Waals surface area contributed by atoms with Crippen molar-refractivity contribution in [3.8, 4) is 5.69 Å². The van der Waals surface area contributed by atoms with Gasteiger partial charge in [-0.1, -0.05) is 17.7 Å². The predicted molar refractivity (Wildman–Crippen MR) is 95.3 cm³/mol. The third-order valence-corrected chi connectivity index (χ3v) is 4.31. The Morgan fingerprint density at radius 1 is 1.32 bits per heavy atom. The van der Waals surface area contributed by atoms with Gasteiger partial charge in [-0.25, -0.2) is 0 Å². The summed E-state index contributed by atoms with van der Waals surface area (Å²) in [5.41, 5.74) is 1.65. The predicted octanol–water partition coefficient (Wildman–Crippen LogP) is 1.68. The molecule has 134 valence electrons. The third-order valence-electron chi connectivity index (χ3n) is 4.08. The van der Waals surface area contributed by atoms with Crippen LogP contribution >= 0.6 is 11.6 Å². The second kappa shape index (κ2) is 8.42. The van der Waals surface area contributed by atoms with Gasteiger partial charge in [-0.15, -0.1) is 5.10 Å². The Balaban J connectivity index is 1.53. The lowest BCUT2D eigenvalue weighted by atomic mass is 10.3. The number of halogens is 1. The maximum absolute atomic E-state index is 12.3. The lowest BCUT2D eigenvalue weighted by Crippen LogP contribution is -2.38. The van der Waals surface area contributed by atoms with Crippen LogP contribution in [0.3, 0.4) is 0 Å². The fourth-order valence-electron chi connectivity index (χ4n) is 2.72. The molecule has 3 rings (SSSR count). The number of nitrogens with one attached hydrogen (secondary N) is 1. The van der Waals surface area contributed by atoms with Crippen LogP contribution in [0.25, 0.3) is 5.69 Å². The van der Waals surface area contributed by atoms with Crippen molar-refractivity contribution in [2.24, 2.45) is 0 Å². The third kappa shape index (κ3) is 4.78. The zero-order chi connectivity index (χ0) is 17.6. The summed E-state index contributed by atoms with van der Waals surface area (Å²) in [7, 11) is 0. The molecule has 1 fully saturated rings. The first kappa shape index (κ1) is 17.8. The molecule has 0 spiro atoms. The topological polar surface area (TPSA) is 72.3 Å². The molecule has 1 amide bonds. The molecule has 25 heavy (non-hydrogen) atoms. The average molecular weight is 364 g/mol. The summed E-state index contributed by atoms with van der Waals surface area (Å²) >= 11 is 5.99. The van der Waals surface area contributed by atoms with E-state index in [2.05, 4.69) is 20.4 Å². The van der Waals surface area contributed by atoms with Crippen LogP contribution in [0, 0.1) is 6.92 Å². The van der Waals surface area contributed by atoms with Crippen molar-refractivity contribution >= 4 is 17.5 Å². The number of carbonyl (C=O) groups is 1. The van der Waals surface area contributed by atoms with Gasteiger partial charge in [0.1, 0.15) is 0 Å². The lowest BCUT2D eigenvalue weighted by Gasteiger charge is -2.26. The van der Waals surface area contributed by atoms with Crippen LogP contribution in [0.2, 0.25) is 5.02 Å². The molecular formula is C17H22ClN5O2. The monoisotopic (exact) mass is 363 g/mol. The van der Waals surface area contributed by atoms with Gasteiger partial charge in [-0.2, -0.15) is 9.90 Å². The van der Waals surface area contributed by atoms with E-state index in [1.54, 1.807) is 19.1 Å². The Bertz CT molecular complexity index is 728. The van der Waals surface area contributed by atoms with E-state index in [0.717, 1.165) is 45.0 Å². The summed E-state index contributed by atoms with van der Waals surface area (Å²) in [6.45, 7) is 6.84. The van der Waals surface area contributed by atoms with Crippen molar-refractivity contribution in [1.82, 2.24) is 25.2 Å². The molecule has 2 aromatic rings. The Morgan fingerprint density at radius 3 is 2.88 bits per heavy atom. The molecular weight excluding hydrogens is 342 g/mol. The molecule has 2 heterocycles. The van der Waals surface area contributed by atoms with Gasteiger partial charge in [0.15, 0.2) is 5.69 Å². The van der Waals surface area contributed by atoms with Crippen molar-refractivity contribution < 1.29 is 9.53 Å². The highest BCUT2D eigenvalue weighted by Gasteiger charge is 2.16. The molecule has 1 aliphatic heterocycles. The zero-order valence-electron chi connectivity index (χ0n) is 14.2. The highest BCUT2D eigenvalue weighted by molar-refractivity contribution is 6.30. The molecule has 0 atom stereocenters. The van der Waals surface area contributed by atoms with E-state index in [1.807, 2.05) is 12.1 Å². The van der Waals surface area contributed by atoms with Gasteiger partial charge in [0.2, 0.25) is 0 Å². The number of carbonyl (C=O) groups excluding carboxylic acids is 1. The second-order valence-electron chi connectivity index (χ2n) is 5.97. The number of rotatable bonds is 6. The molecule has 8 heteroatoms. The van der Waals surface area contributed by atoms with E-state index in [0.29, 0.717) is 23.0 Å². The minimum Gasteiger partial charge on any atom is -0.379 e. The van der Waals surface area contributed by atoms with Gasteiger partial charge < -0.3 is 10.1 Å². The summed E-state index contributed by atoms with van der Waals surface area (Å²) in [5, 5.41) is 12.1. The van der Waals surface area contributed by atoms with Gasteiger partial charge in [-0.3, -0.25) is 9.69 Å². The van der Waals surface area contributed by atoms with E-state index in [-0.39, 0.29) is 5.91 Å². The number of nitrogens with zero attached hydrogens (tertiary/aromatic N) is 4. The van der Waals surface area contributed by atoms with Crippen molar-refractivity contribution in [2.75, 3.05) is 39.4 Å². The fraction of sp³-hybridized carbons (Fsp3) is 0.471. The molecule has 1 aromatic heterocycles. The standard InChI is InChI=1S/C17H22ClN5O2/c1-13-16(21-23(20-13)15-5-2-4-14(18)12-15)17(24)19-6-3-7-22-8-10-25-11-9-22/h2,4-5,12H,3,6-11H2,1H3,(H,19,24). The summed E-state index contributed by atoms with van der Waals surface area (Å²) in [6, 6.07) is 7.20. The largest absolute Gasteiger partial charge is 0.379 e. The van der Waals surface area contributed by atoms with E-state index >= 15 is 0 Å². The normalized spacial score (nSPS) is 15.3. The number of ether oxygens (including phenoxy) is 1. The SMILES string of the molecule is Cc1nn(-c2cccc(Cl)c2)nc1C(=O)NCCCN1CCOCC1. The molecule has 0 bridgehead atoms. The Kier molecular flexibility index (Phi) is 6.01. The van der Waals surface area contributed by atoms with Gasteiger partial charge in [0.25, 0.3) is 5.91 Å². The molecule has 1 aromatic carbocycles. The van der Waals surface area contributed by atoms with Gasteiger partial charge in [-0.05, 0) is 38.1 Å². The molecule has 1 aliphatic rings. The summed E-state index contributed by atoms with van der Waals surface area (Å²) < 4.78 is 5.32. The minimum absolute atomic E-state index is 0.201. The van der Waals surface area contributed by atoms with Crippen LogP contribution in [0.15, 0.2) is 24.3 Å². The smallest absolute Gasteiger partial charge is 0.273 e. The Morgan fingerprint density at radius 2 is 2.12 bits per heavy atom. The highest BCUT2D eigenvalue weighted by Crippen LogP contribution is 2.14. The van der Waals surface area contributed by atoms with E-state index in [9.17, 15) is 4.79 Å². The van der Waals surface area contributed by atoms with Crippen LogP contribution in [0.5, 0.6) is 0 Å². The van der Waals surface area contributed by atoms with Crippen LogP contribution in [0.4, 0.5) is 0 Å². The van der Waals surface area contributed by atoms with Gasteiger partial charge in [0, 0.05) is 24.7 Å². The quantitative estimate of drug-likeness (QED) is 0.790. The molecule has 1 N–H and O–H groups in total. The van der Waals surface area contributed by atoms with Crippen LogP contribution in [-0.2, 0) is 4.74 Å². The number of benzene rings is 1. The van der Waals surface area contributed by atoms with Crippen LogP contribution in [0.1, 0.15) is 22.6 Å². The number of aryl methyl sites for hydroxylation is 1. The molecule has 0 saturated carbocycles. The number of aromatic nitrogens is 3. The first-order valence-electron chi connectivity index (χ1n) is 8.41. The van der Waals surface area contributed by atoms with Crippen molar-refractivity contribution in [2.45, 2.75) is 13.3 Å². The average Bonchev–Trinajstić information content (AvgIpc) is 3.01. The molecule has 1 saturated heterocycles. The zero-order valence-corrected chi connectivity index (χ0v) is 15.0. The van der Waals surface area contributed by atoms with Crippen LogP contribution in [-0.4, -0.2) is 65.2 Å².